The molecule has 10 heavy (non-hydrogen) atoms. The van der Waals surface area contributed by atoms with Crippen LogP contribution in [0.2, 0.25) is 6.32 Å². The lowest BCUT2D eigenvalue weighted by Gasteiger charge is -2.15. The summed E-state index contributed by atoms with van der Waals surface area (Å²) < 4.78 is 35.1. The molecule has 1 aliphatic carbocycles. The fourth-order valence-electron chi connectivity index (χ4n) is 0.956. The number of nitrogens with zero attached hydrogens (tertiary/aromatic N) is 1. The molecule has 0 saturated heterocycles. The van der Waals surface area contributed by atoms with E-state index in [9.17, 15) is 12.9 Å². The molecule has 0 heterocycles. The van der Waals surface area contributed by atoms with Gasteiger partial charge < -0.3 is 12.9 Å². The van der Waals surface area contributed by atoms with E-state index in [4.69, 9.17) is 5.26 Å². The van der Waals surface area contributed by atoms with Gasteiger partial charge in [-0.1, -0.05) is 6.32 Å². The molecular formula is C5H6BF3N-. The van der Waals surface area contributed by atoms with Crippen LogP contribution in [0.25, 0.3) is 0 Å². The molecule has 1 rings (SSSR count). The summed E-state index contributed by atoms with van der Waals surface area (Å²) in [6.07, 6.45) is -0.0288. The molecule has 0 N–H and O–H groups in total. The number of hydrogen-bond donors (Lipinski definition) is 0. The van der Waals surface area contributed by atoms with Crippen molar-refractivity contribution in [2.24, 2.45) is 5.41 Å². The molecule has 0 amide bonds. The van der Waals surface area contributed by atoms with E-state index in [1.54, 1.807) is 6.07 Å². The molecule has 0 aromatic heterocycles. The molecule has 0 aliphatic heterocycles. The van der Waals surface area contributed by atoms with Gasteiger partial charge >= 0.3 is 6.98 Å². The molecule has 56 valence electrons. The van der Waals surface area contributed by atoms with Gasteiger partial charge in [0.1, 0.15) is 0 Å². The van der Waals surface area contributed by atoms with Crippen molar-refractivity contribution < 1.29 is 12.9 Å². The third-order valence-corrected chi connectivity index (χ3v) is 1.71. The van der Waals surface area contributed by atoms with Crippen molar-refractivity contribution >= 4 is 6.98 Å². The van der Waals surface area contributed by atoms with Crippen molar-refractivity contribution in [1.82, 2.24) is 0 Å². The van der Waals surface area contributed by atoms with Gasteiger partial charge in [-0.2, -0.15) is 5.26 Å². The average molecular weight is 148 g/mol. The first kappa shape index (κ1) is 7.45. The van der Waals surface area contributed by atoms with Gasteiger partial charge in [-0.15, -0.1) is 0 Å². The molecule has 0 radical (unpaired) electrons. The van der Waals surface area contributed by atoms with E-state index in [2.05, 4.69) is 0 Å². The van der Waals surface area contributed by atoms with Crippen LogP contribution in [0.1, 0.15) is 12.8 Å². The van der Waals surface area contributed by atoms with E-state index in [0.29, 0.717) is 12.8 Å². The summed E-state index contributed by atoms with van der Waals surface area (Å²) >= 11 is 0. The second-order valence-corrected chi connectivity index (χ2v) is 2.81. The summed E-state index contributed by atoms with van der Waals surface area (Å²) in [4.78, 5) is 0. The van der Waals surface area contributed by atoms with Crippen LogP contribution >= 0.6 is 0 Å². The van der Waals surface area contributed by atoms with Gasteiger partial charge in [0, 0.05) is 5.41 Å². The number of nitriles is 1. The standard InChI is InChI=1S/C5H6BF3N/c7-6(8,9)3-5(4-10)1-2-5/h1-3H2/q-1. The van der Waals surface area contributed by atoms with E-state index in [1.807, 2.05) is 0 Å². The molecule has 1 saturated carbocycles. The molecule has 0 bridgehead atoms. The van der Waals surface area contributed by atoms with Gasteiger partial charge in [-0.3, -0.25) is 0 Å². The van der Waals surface area contributed by atoms with Crippen LogP contribution in [0.15, 0.2) is 0 Å². The molecule has 0 unspecified atom stereocenters. The third-order valence-electron chi connectivity index (χ3n) is 1.71. The van der Waals surface area contributed by atoms with Gasteiger partial charge in [0.2, 0.25) is 0 Å². The Morgan fingerprint density at radius 1 is 1.40 bits per heavy atom. The second-order valence-electron chi connectivity index (χ2n) is 2.81. The summed E-state index contributed by atoms with van der Waals surface area (Å²) in [6.45, 7) is -4.76. The summed E-state index contributed by atoms with van der Waals surface area (Å²) in [6, 6.07) is 1.70. The third kappa shape index (κ3) is 1.66. The van der Waals surface area contributed by atoms with Gasteiger partial charge in [-0.25, -0.2) is 0 Å². The molecule has 0 aromatic rings. The lowest BCUT2D eigenvalue weighted by Crippen LogP contribution is -2.19. The highest BCUT2D eigenvalue weighted by Crippen LogP contribution is 2.51. The highest BCUT2D eigenvalue weighted by molar-refractivity contribution is 6.58. The Kier molecular flexibility index (Phi) is 1.42. The Bertz CT molecular complexity index is 176. The summed E-state index contributed by atoms with van der Waals surface area (Å²) in [7, 11) is 0. The van der Waals surface area contributed by atoms with Crippen molar-refractivity contribution in [3.8, 4) is 6.07 Å². The van der Waals surface area contributed by atoms with Gasteiger partial charge in [-0.05, 0) is 12.8 Å². The largest absolute Gasteiger partial charge is 0.479 e. The van der Waals surface area contributed by atoms with Gasteiger partial charge in [0.25, 0.3) is 0 Å². The van der Waals surface area contributed by atoms with Crippen molar-refractivity contribution in [1.29, 1.82) is 5.26 Å². The van der Waals surface area contributed by atoms with Crippen LogP contribution in [-0.2, 0) is 0 Å². The minimum Gasteiger partial charge on any atom is -0.449 e. The van der Waals surface area contributed by atoms with Crippen LogP contribution in [0.3, 0.4) is 0 Å². The molecule has 1 aliphatic rings. The number of rotatable bonds is 2. The zero-order valence-electron chi connectivity index (χ0n) is 5.28. The van der Waals surface area contributed by atoms with Crippen molar-refractivity contribution in [3.63, 3.8) is 0 Å². The Hall–Kier alpha value is -0.655. The SMILES string of the molecule is N#CC1(C[B-](F)(F)F)CC1. The summed E-state index contributed by atoms with van der Waals surface area (Å²) in [5, 5.41) is 8.28. The summed E-state index contributed by atoms with van der Waals surface area (Å²) in [5.41, 5.74) is -1.02. The molecule has 0 spiro atoms. The van der Waals surface area contributed by atoms with Crippen LogP contribution in [0, 0.1) is 16.7 Å². The van der Waals surface area contributed by atoms with E-state index in [0.717, 1.165) is 0 Å². The highest BCUT2D eigenvalue weighted by Gasteiger charge is 2.47. The average Bonchev–Trinajstić information content (AvgIpc) is 2.45. The zero-order valence-corrected chi connectivity index (χ0v) is 5.28. The van der Waals surface area contributed by atoms with Crippen LogP contribution in [-0.4, -0.2) is 6.98 Å². The Balaban J connectivity index is 2.48. The van der Waals surface area contributed by atoms with Crippen molar-refractivity contribution in [2.75, 3.05) is 0 Å². The fourth-order valence-corrected chi connectivity index (χ4v) is 0.956. The lowest BCUT2D eigenvalue weighted by atomic mass is 9.77. The topological polar surface area (TPSA) is 23.8 Å². The highest BCUT2D eigenvalue weighted by atomic mass is 19.4. The Morgan fingerprint density at radius 3 is 2.00 bits per heavy atom. The zero-order chi connectivity index (χ0) is 7.83. The molecule has 5 heteroatoms. The second kappa shape index (κ2) is 1.91. The molecular weight excluding hydrogens is 142 g/mol. The van der Waals surface area contributed by atoms with Gasteiger partial charge in [0.05, 0.1) is 6.07 Å². The first-order chi connectivity index (χ1) is 4.47. The van der Waals surface area contributed by atoms with Crippen molar-refractivity contribution in [2.45, 2.75) is 19.2 Å². The fraction of sp³-hybridized carbons (Fsp3) is 0.800. The normalized spacial score (nSPS) is 21.8. The first-order valence-electron chi connectivity index (χ1n) is 3.10. The Morgan fingerprint density at radius 2 is 1.90 bits per heavy atom. The molecule has 0 atom stereocenters. The Labute approximate surface area is 56.9 Å². The van der Waals surface area contributed by atoms with Crippen LogP contribution in [0.4, 0.5) is 12.9 Å². The van der Waals surface area contributed by atoms with E-state index < -0.39 is 18.7 Å². The van der Waals surface area contributed by atoms with Crippen molar-refractivity contribution in [3.05, 3.63) is 0 Å². The smallest absolute Gasteiger partial charge is 0.449 e. The van der Waals surface area contributed by atoms with Gasteiger partial charge in [0.15, 0.2) is 0 Å². The van der Waals surface area contributed by atoms with E-state index in [1.165, 1.54) is 0 Å². The lowest BCUT2D eigenvalue weighted by molar-refractivity contribution is 0.447. The monoisotopic (exact) mass is 148 g/mol. The maximum absolute atomic E-state index is 11.7. The summed E-state index contributed by atoms with van der Waals surface area (Å²) in [5.74, 6) is 0. The predicted molar refractivity (Wildman–Crippen MR) is 31.2 cm³/mol. The molecule has 0 aromatic carbocycles. The number of halogens is 3. The van der Waals surface area contributed by atoms with E-state index in [-0.39, 0.29) is 0 Å². The molecule has 1 fully saturated rings. The first-order valence-corrected chi connectivity index (χ1v) is 3.10. The quantitative estimate of drug-likeness (QED) is 0.550. The minimum absolute atomic E-state index is 0.421. The maximum Gasteiger partial charge on any atom is 0.479 e. The minimum atomic E-state index is -4.76. The van der Waals surface area contributed by atoms with Crippen LogP contribution in [0.5, 0.6) is 0 Å². The predicted octanol–water partition coefficient (Wildman–Crippen LogP) is 2.14. The van der Waals surface area contributed by atoms with E-state index >= 15 is 0 Å². The molecule has 1 nitrogen and oxygen atoms in total. The van der Waals surface area contributed by atoms with Crippen LogP contribution < -0.4 is 0 Å². The number of hydrogen-bond acceptors (Lipinski definition) is 1. The maximum atomic E-state index is 11.7.